The van der Waals surface area contributed by atoms with E-state index in [-0.39, 0.29) is 0 Å². The minimum Gasteiger partial charge on any atom is -0.310 e. The molecule has 0 saturated heterocycles. The SMILES string of the molecule is CCCNC(CC1CCC1)c1cc(C)cc(Br)c1. The summed E-state index contributed by atoms with van der Waals surface area (Å²) in [6.45, 7) is 5.52. The van der Waals surface area contributed by atoms with Crippen molar-refractivity contribution in [3.8, 4) is 0 Å². The Morgan fingerprint density at radius 3 is 2.67 bits per heavy atom. The van der Waals surface area contributed by atoms with Gasteiger partial charge in [-0.3, -0.25) is 0 Å². The number of benzene rings is 1. The van der Waals surface area contributed by atoms with Crippen LogP contribution in [0.3, 0.4) is 0 Å². The Labute approximate surface area is 119 Å². The van der Waals surface area contributed by atoms with Gasteiger partial charge in [-0.25, -0.2) is 0 Å². The van der Waals surface area contributed by atoms with Crippen LogP contribution in [0.4, 0.5) is 0 Å². The van der Waals surface area contributed by atoms with E-state index >= 15 is 0 Å². The molecule has 1 aromatic rings. The molecule has 0 aromatic heterocycles. The minimum absolute atomic E-state index is 0.534. The predicted octanol–water partition coefficient (Wildman–Crippen LogP) is 4.99. The molecule has 1 nitrogen and oxygen atoms in total. The Morgan fingerprint density at radius 1 is 1.33 bits per heavy atom. The van der Waals surface area contributed by atoms with Crippen LogP contribution >= 0.6 is 15.9 Å². The zero-order chi connectivity index (χ0) is 13.0. The smallest absolute Gasteiger partial charge is 0.0323 e. The maximum atomic E-state index is 3.72. The van der Waals surface area contributed by atoms with E-state index in [1.807, 2.05) is 0 Å². The molecule has 1 aliphatic carbocycles. The van der Waals surface area contributed by atoms with E-state index < -0.39 is 0 Å². The Bertz CT molecular complexity index is 364. The summed E-state index contributed by atoms with van der Waals surface area (Å²) in [5.41, 5.74) is 2.79. The average molecular weight is 310 g/mol. The average Bonchev–Trinajstić information content (AvgIpc) is 2.25. The Balaban J connectivity index is 2.09. The van der Waals surface area contributed by atoms with Gasteiger partial charge in [0.25, 0.3) is 0 Å². The molecule has 1 saturated carbocycles. The molecule has 0 aliphatic heterocycles. The van der Waals surface area contributed by atoms with Gasteiger partial charge in [0.2, 0.25) is 0 Å². The van der Waals surface area contributed by atoms with E-state index in [0.717, 1.165) is 12.5 Å². The Hall–Kier alpha value is -0.340. The number of halogens is 1. The third-order valence-corrected chi connectivity index (χ3v) is 4.36. The molecule has 1 aliphatic rings. The first-order valence-electron chi connectivity index (χ1n) is 7.19. The van der Waals surface area contributed by atoms with Gasteiger partial charge in [-0.2, -0.15) is 0 Å². The maximum absolute atomic E-state index is 3.72. The van der Waals surface area contributed by atoms with Crippen molar-refractivity contribution in [2.75, 3.05) is 6.54 Å². The van der Waals surface area contributed by atoms with Gasteiger partial charge in [0.15, 0.2) is 0 Å². The first-order valence-corrected chi connectivity index (χ1v) is 7.99. The van der Waals surface area contributed by atoms with Crippen molar-refractivity contribution < 1.29 is 0 Å². The molecule has 18 heavy (non-hydrogen) atoms. The van der Waals surface area contributed by atoms with Crippen LogP contribution in [0.25, 0.3) is 0 Å². The molecule has 0 spiro atoms. The fraction of sp³-hybridized carbons (Fsp3) is 0.625. The second-order valence-electron chi connectivity index (χ2n) is 5.60. The minimum atomic E-state index is 0.534. The highest BCUT2D eigenvalue weighted by atomic mass is 79.9. The summed E-state index contributed by atoms with van der Waals surface area (Å²) in [4.78, 5) is 0. The van der Waals surface area contributed by atoms with Gasteiger partial charge in [-0.1, -0.05) is 48.2 Å². The molecule has 0 bridgehead atoms. The molecule has 1 aromatic carbocycles. The van der Waals surface area contributed by atoms with Crippen LogP contribution in [0.2, 0.25) is 0 Å². The normalized spacial score (nSPS) is 17.5. The molecule has 100 valence electrons. The molecule has 1 atom stereocenters. The second kappa shape index (κ2) is 6.72. The van der Waals surface area contributed by atoms with Crippen LogP contribution in [0.1, 0.15) is 56.2 Å². The quantitative estimate of drug-likeness (QED) is 0.780. The fourth-order valence-corrected chi connectivity index (χ4v) is 3.31. The van der Waals surface area contributed by atoms with Crippen LogP contribution in [0.15, 0.2) is 22.7 Å². The van der Waals surface area contributed by atoms with Crippen molar-refractivity contribution in [3.05, 3.63) is 33.8 Å². The molecular formula is C16H24BrN. The van der Waals surface area contributed by atoms with Gasteiger partial charge in [-0.15, -0.1) is 0 Å². The van der Waals surface area contributed by atoms with Crippen molar-refractivity contribution in [1.29, 1.82) is 0 Å². The van der Waals surface area contributed by atoms with Crippen molar-refractivity contribution >= 4 is 15.9 Å². The monoisotopic (exact) mass is 309 g/mol. The van der Waals surface area contributed by atoms with Crippen LogP contribution in [0.5, 0.6) is 0 Å². The molecule has 2 heteroatoms. The molecule has 1 unspecified atom stereocenters. The lowest BCUT2D eigenvalue weighted by Crippen LogP contribution is -2.26. The number of hydrogen-bond acceptors (Lipinski definition) is 1. The van der Waals surface area contributed by atoms with E-state index in [1.54, 1.807) is 0 Å². The fourth-order valence-electron chi connectivity index (χ4n) is 2.68. The van der Waals surface area contributed by atoms with Crippen molar-refractivity contribution in [2.24, 2.45) is 5.92 Å². The summed E-state index contributed by atoms with van der Waals surface area (Å²) in [6, 6.07) is 7.32. The summed E-state index contributed by atoms with van der Waals surface area (Å²) < 4.78 is 1.20. The first kappa shape index (κ1) is 14.1. The van der Waals surface area contributed by atoms with E-state index in [0.29, 0.717) is 6.04 Å². The van der Waals surface area contributed by atoms with Crippen molar-refractivity contribution in [1.82, 2.24) is 5.32 Å². The zero-order valence-electron chi connectivity index (χ0n) is 11.5. The molecule has 2 rings (SSSR count). The number of hydrogen-bond donors (Lipinski definition) is 1. The molecule has 0 heterocycles. The molecule has 1 N–H and O–H groups in total. The maximum Gasteiger partial charge on any atom is 0.0323 e. The van der Waals surface area contributed by atoms with Crippen LogP contribution in [-0.4, -0.2) is 6.54 Å². The summed E-state index contributed by atoms with van der Waals surface area (Å²) >= 11 is 3.62. The summed E-state index contributed by atoms with van der Waals surface area (Å²) in [6.07, 6.45) is 6.79. The Morgan fingerprint density at radius 2 is 2.11 bits per heavy atom. The third kappa shape index (κ3) is 3.83. The van der Waals surface area contributed by atoms with Gasteiger partial charge < -0.3 is 5.32 Å². The van der Waals surface area contributed by atoms with Crippen molar-refractivity contribution in [2.45, 2.75) is 52.0 Å². The lowest BCUT2D eigenvalue weighted by molar-refractivity contribution is 0.261. The number of nitrogens with one attached hydrogen (secondary N) is 1. The molecule has 0 radical (unpaired) electrons. The van der Waals surface area contributed by atoms with Gasteiger partial charge in [0.1, 0.15) is 0 Å². The van der Waals surface area contributed by atoms with E-state index in [1.165, 1.54) is 47.7 Å². The van der Waals surface area contributed by atoms with Gasteiger partial charge >= 0.3 is 0 Å². The number of rotatable bonds is 6. The molecular weight excluding hydrogens is 286 g/mol. The second-order valence-corrected chi connectivity index (χ2v) is 6.52. The zero-order valence-corrected chi connectivity index (χ0v) is 13.1. The summed E-state index contributed by atoms with van der Waals surface area (Å²) in [5, 5.41) is 3.72. The summed E-state index contributed by atoms with van der Waals surface area (Å²) in [5.74, 6) is 0.943. The van der Waals surface area contributed by atoms with Crippen LogP contribution in [0, 0.1) is 12.8 Å². The highest BCUT2D eigenvalue weighted by Crippen LogP contribution is 2.35. The van der Waals surface area contributed by atoms with E-state index in [2.05, 4.69) is 53.3 Å². The predicted molar refractivity (Wildman–Crippen MR) is 81.9 cm³/mol. The van der Waals surface area contributed by atoms with Gasteiger partial charge in [0, 0.05) is 10.5 Å². The molecule has 0 amide bonds. The highest BCUT2D eigenvalue weighted by Gasteiger charge is 2.23. The standard InChI is InChI=1S/C16H24BrN/c1-3-7-18-16(10-13-5-4-6-13)14-8-12(2)9-15(17)11-14/h8-9,11,13,16,18H,3-7,10H2,1-2H3. The lowest BCUT2D eigenvalue weighted by Gasteiger charge is -2.30. The van der Waals surface area contributed by atoms with E-state index in [9.17, 15) is 0 Å². The molecule has 1 fully saturated rings. The van der Waals surface area contributed by atoms with Crippen LogP contribution < -0.4 is 5.32 Å². The topological polar surface area (TPSA) is 12.0 Å². The van der Waals surface area contributed by atoms with Crippen LogP contribution in [-0.2, 0) is 0 Å². The summed E-state index contributed by atoms with van der Waals surface area (Å²) in [7, 11) is 0. The highest BCUT2D eigenvalue weighted by molar-refractivity contribution is 9.10. The lowest BCUT2D eigenvalue weighted by atomic mass is 9.79. The number of aryl methyl sites for hydroxylation is 1. The largest absolute Gasteiger partial charge is 0.310 e. The third-order valence-electron chi connectivity index (χ3n) is 3.90. The van der Waals surface area contributed by atoms with Crippen molar-refractivity contribution in [3.63, 3.8) is 0 Å². The van der Waals surface area contributed by atoms with E-state index in [4.69, 9.17) is 0 Å². The Kier molecular flexibility index (Phi) is 5.25. The first-order chi connectivity index (χ1) is 8.69. The van der Waals surface area contributed by atoms with Gasteiger partial charge in [-0.05, 0) is 55.5 Å². The van der Waals surface area contributed by atoms with Gasteiger partial charge in [0.05, 0.1) is 0 Å².